The molecule has 0 aliphatic heterocycles. The second kappa shape index (κ2) is 3.01. The molecule has 2 aromatic rings. The number of nitrogen functional groups attached to an aromatic ring is 1. The van der Waals surface area contributed by atoms with Gasteiger partial charge in [-0.2, -0.15) is 4.98 Å². The maximum absolute atomic E-state index is 11.2. The van der Waals surface area contributed by atoms with Gasteiger partial charge < -0.3 is 10.9 Å². The molecule has 0 aliphatic carbocycles. The third kappa shape index (κ3) is 1.37. The van der Waals surface area contributed by atoms with E-state index in [9.17, 15) is 15.3 Å². The van der Waals surface area contributed by atoms with Crippen molar-refractivity contribution in [1.82, 2.24) is 10.1 Å². The lowest BCUT2D eigenvalue weighted by Crippen LogP contribution is -2.33. The lowest BCUT2D eigenvalue weighted by Gasteiger charge is -1.99. The molecule has 0 fully saturated rings. The molecule has 15 heavy (non-hydrogen) atoms. The molecular weight excluding hydrogens is 202 g/mol. The van der Waals surface area contributed by atoms with E-state index >= 15 is 0 Å². The van der Waals surface area contributed by atoms with Crippen molar-refractivity contribution in [2.45, 2.75) is 0 Å². The number of anilines is 1. The van der Waals surface area contributed by atoms with E-state index in [1.165, 1.54) is 18.2 Å². The van der Waals surface area contributed by atoms with Crippen LogP contribution in [0.25, 0.3) is 11.0 Å². The molecule has 0 saturated carbocycles. The van der Waals surface area contributed by atoms with Crippen LogP contribution in [0.15, 0.2) is 18.2 Å². The van der Waals surface area contributed by atoms with Gasteiger partial charge in [0.15, 0.2) is 0 Å². The van der Waals surface area contributed by atoms with Gasteiger partial charge in [0.25, 0.3) is 11.5 Å². The van der Waals surface area contributed by atoms with Crippen LogP contribution >= 0.6 is 0 Å². The van der Waals surface area contributed by atoms with E-state index in [0.717, 1.165) is 0 Å². The van der Waals surface area contributed by atoms with Gasteiger partial charge in [-0.3, -0.25) is 10.1 Å². The normalized spacial score (nSPS) is 10.4. The molecule has 2 rings (SSSR count). The monoisotopic (exact) mass is 207 g/mol. The number of nitrogens with zero attached hydrogens (tertiary/aromatic N) is 4. The number of hydrogen-bond acceptors (Lipinski definition) is 6. The van der Waals surface area contributed by atoms with Crippen molar-refractivity contribution < 1.29 is 9.77 Å². The molecule has 0 aliphatic rings. The molecule has 0 bridgehead atoms. The van der Waals surface area contributed by atoms with Gasteiger partial charge in [0.2, 0.25) is 5.52 Å². The fourth-order valence-corrected chi connectivity index (χ4v) is 1.22. The molecule has 0 spiro atoms. The van der Waals surface area contributed by atoms with E-state index in [4.69, 9.17) is 5.73 Å². The molecule has 1 aromatic carbocycles. The second-order valence-electron chi connectivity index (χ2n) is 2.74. The largest absolute Gasteiger partial charge is 0.594 e. The van der Waals surface area contributed by atoms with Crippen molar-refractivity contribution in [3.8, 4) is 0 Å². The van der Waals surface area contributed by atoms with Crippen LogP contribution in [0.5, 0.6) is 0 Å². The van der Waals surface area contributed by atoms with Crippen LogP contribution in [-0.4, -0.2) is 15.0 Å². The highest BCUT2D eigenvalue weighted by molar-refractivity contribution is 5.81. The minimum Gasteiger partial charge on any atom is -0.594 e. The zero-order chi connectivity index (χ0) is 11.0. The van der Waals surface area contributed by atoms with Gasteiger partial charge >= 0.3 is 5.69 Å². The first-order chi connectivity index (χ1) is 7.09. The number of nitrogens with two attached hydrogens (primary N) is 1. The highest BCUT2D eigenvalue weighted by Crippen LogP contribution is 2.20. The third-order valence-corrected chi connectivity index (χ3v) is 1.82. The number of nitro groups is 1. The summed E-state index contributed by atoms with van der Waals surface area (Å²) in [6.07, 6.45) is 0. The van der Waals surface area contributed by atoms with Crippen LogP contribution in [0, 0.1) is 15.3 Å². The Labute approximate surface area is 82.7 Å². The van der Waals surface area contributed by atoms with Crippen LogP contribution in [0.4, 0.5) is 11.6 Å². The summed E-state index contributed by atoms with van der Waals surface area (Å²) in [6.45, 7) is 0. The highest BCUT2D eigenvalue weighted by atomic mass is 16.6. The first kappa shape index (κ1) is 9.06. The van der Waals surface area contributed by atoms with Crippen molar-refractivity contribution in [2.24, 2.45) is 0 Å². The van der Waals surface area contributed by atoms with E-state index in [1.54, 1.807) is 0 Å². The first-order valence-electron chi connectivity index (χ1n) is 3.90. The van der Waals surface area contributed by atoms with E-state index in [2.05, 4.69) is 10.1 Å². The Kier molecular flexibility index (Phi) is 1.82. The molecule has 8 nitrogen and oxygen atoms in total. The standard InChI is InChI=1S/C7H5N5O3/c8-7-9-6-4(11(13)10-7)2-1-3-5(6)12(14)15/h1-3H,(H2,8,9,10). The van der Waals surface area contributed by atoms with Gasteiger partial charge in [-0.1, -0.05) is 0 Å². The molecule has 0 saturated heterocycles. The van der Waals surface area contributed by atoms with Crippen LogP contribution < -0.4 is 10.6 Å². The number of rotatable bonds is 1. The first-order valence-corrected chi connectivity index (χ1v) is 3.90. The predicted molar refractivity (Wildman–Crippen MR) is 49.6 cm³/mol. The molecule has 76 valence electrons. The minimum atomic E-state index is -0.630. The third-order valence-electron chi connectivity index (χ3n) is 1.82. The van der Waals surface area contributed by atoms with Gasteiger partial charge in [0, 0.05) is 12.1 Å². The number of benzene rings is 1. The lowest BCUT2D eigenvalue weighted by molar-refractivity contribution is -0.641. The van der Waals surface area contributed by atoms with Gasteiger partial charge in [-0.25, -0.2) is 0 Å². The van der Waals surface area contributed by atoms with Crippen LogP contribution in [0.3, 0.4) is 0 Å². The molecular formula is C7H5N5O3. The zero-order valence-corrected chi connectivity index (χ0v) is 7.32. The highest BCUT2D eigenvalue weighted by Gasteiger charge is 2.19. The minimum absolute atomic E-state index is 0.0124. The molecule has 1 heterocycles. The van der Waals surface area contributed by atoms with Gasteiger partial charge in [0.1, 0.15) is 0 Å². The number of non-ortho nitro benzene ring substituents is 1. The van der Waals surface area contributed by atoms with Crippen molar-refractivity contribution in [3.63, 3.8) is 0 Å². The molecule has 1 aromatic heterocycles. The van der Waals surface area contributed by atoms with Crippen LogP contribution in [-0.2, 0) is 0 Å². The SMILES string of the molecule is Nc1nc2c([N+](=O)[O-])cccc2[n+]([O-])n1. The summed E-state index contributed by atoms with van der Waals surface area (Å²) in [7, 11) is 0. The summed E-state index contributed by atoms with van der Waals surface area (Å²) in [4.78, 5) is 13.9. The van der Waals surface area contributed by atoms with Crippen LogP contribution in [0.2, 0.25) is 0 Å². The quantitative estimate of drug-likeness (QED) is 0.298. The smallest absolute Gasteiger partial charge is 0.302 e. The summed E-state index contributed by atoms with van der Waals surface area (Å²) >= 11 is 0. The summed E-state index contributed by atoms with van der Waals surface area (Å²) < 4.78 is 0. The van der Waals surface area contributed by atoms with E-state index in [0.29, 0.717) is 0 Å². The number of para-hydroxylation sites is 1. The Morgan fingerprint density at radius 1 is 1.47 bits per heavy atom. The van der Waals surface area contributed by atoms with E-state index < -0.39 is 4.92 Å². The zero-order valence-electron chi connectivity index (χ0n) is 7.32. The van der Waals surface area contributed by atoms with Crippen molar-refractivity contribution >= 4 is 22.7 Å². The number of hydrogen-bond donors (Lipinski definition) is 1. The fraction of sp³-hybridized carbons (Fsp3) is 0. The summed E-state index contributed by atoms with van der Waals surface area (Å²) in [5.41, 5.74) is 4.90. The van der Waals surface area contributed by atoms with Gasteiger partial charge in [0.05, 0.1) is 10.0 Å². The molecule has 2 N–H and O–H groups in total. The number of fused-ring (bicyclic) bond motifs is 1. The molecule has 0 radical (unpaired) electrons. The molecule has 8 heteroatoms. The Morgan fingerprint density at radius 3 is 2.87 bits per heavy atom. The Bertz CT molecular complexity index is 556. The maximum atomic E-state index is 11.2. The number of nitro benzene ring substituents is 1. The average molecular weight is 207 g/mol. The summed E-state index contributed by atoms with van der Waals surface area (Å²) in [5.74, 6) is -0.299. The number of aromatic nitrogens is 3. The fourth-order valence-electron chi connectivity index (χ4n) is 1.22. The van der Waals surface area contributed by atoms with E-state index in [1.807, 2.05) is 0 Å². The predicted octanol–water partition coefficient (Wildman–Crippen LogP) is -0.246. The van der Waals surface area contributed by atoms with Gasteiger partial charge in [-0.15, -0.1) is 0 Å². The molecule has 0 atom stereocenters. The Morgan fingerprint density at radius 2 is 2.20 bits per heavy atom. The van der Waals surface area contributed by atoms with E-state index in [-0.39, 0.29) is 27.5 Å². The van der Waals surface area contributed by atoms with Crippen LogP contribution in [0.1, 0.15) is 0 Å². The van der Waals surface area contributed by atoms with Crippen molar-refractivity contribution in [3.05, 3.63) is 33.5 Å². The van der Waals surface area contributed by atoms with Gasteiger partial charge in [-0.05, 0) is 10.9 Å². The maximum Gasteiger partial charge on any atom is 0.302 e. The summed E-state index contributed by atoms with van der Waals surface area (Å²) in [6, 6.07) is 4.01. The summed E-state index contributed by atoms with van der Waals surface area (Å²) in [5, 5.41) is 25.2. The molecule has 0 unspecified atom stereocenters. The lowest BCUT2D eigenvalue weighted by atomic mass is 10.2. The van der Waals surface area contributed by atoms with Crippen molar-refractivity contribution in [1.29, 1.82) is 0 Å². The molecule has 0 amide bonds. The Balaban J connectivity index is 2.91. The van der Waals surface area contributed by atoms with Crippen molar-refractivity contribution in [2.75, 3.05) is 5.73 Å². The average Bonchev–Trinajstić information content (AvgIpc) is 2.16. The topological polar surface area (TPSA) is 122 Å². The second-order valence-corrected chi connectivity index (χ2v) is 2.74. The Hall–Kier alpha value is -2.51.